The number of hydrogen-bond acceptors (Lipinski definition) is 5. The zero-order valence-corrected chi connectivity index (χ0v) is 15.3. The van der Waals surface area contributed by atoms with Gasteiger partial charge in [-0.25, -0.2) is 4.98 Å². The maximum Gasteiger partial charge on any atom is 0.236 e. The predicted molar refractivity (Wildman–Crippen MR) is 100 cm³/mol. The van der Waals surface area contributed by atoms with E-state index < -0.39 is 0 Å². The molecule has 1 aromatic heterocycles. The van der Waals surface area contributed by atoms with Gasteiger partial charge in [-0.2, -0.15) is 0 Å². The summed E-state index contributed by atoms with van der Waals surface area (Å²) in [5.41, 5.74) is 1.10. The number of amides is 1. The zero-order chi connectivity index (χ0) is 17.1. The molecule has 1 amide bonds. The summed E-state index contributed by atoms with van der Waals surface area (Å²) in [7, 11) is 0. The number of carbonyl (C=O) groups excluding carboxylic acids is 1. The van der Waals surface area contributed by atoms with E-state index in [4.69, 9.17) is 9.72 Å². The van der Waals surface area contributed by atoms with Crippen LogP contribution in [0.1, 0.15) is 36.6 Å². The SMILES string of the molecule is O=C(CNCC1CCCO1)N1CCC(c2nc3ccccc3s2)CC1. The topological polar surface area (TPSA) is 54.5 Å². The van der Waals surface area contributed by atoms with Crippen LogP contribution in [0.25, 0.3) is 10.2 Å². The minimum atomic E-state index is 0.209. The van der Waals surface area contributed by atoms with Gasteiger partial charge >= 0.3 is 0 Å². The Kier molecular flexibility index (Phi) is 5.29. The van der Waals surface area contributed by atoms with E-state index in [0.29, 0.717) is 12.5 Å². The maximum absolute atomic E-state index is 12.4. The quantitative estimate of drug-likeness (QED) is 0.892. The van der Waals surface area contributed by atoms with Gasteiger partial charge in [-0.3, -0.25) is 4.79 Å². The first kappa shape index (κ1) is 16.9. The lowest BCUT2D eigenvalue weighted by Crippen LogP contribution is -2.43. The molecule has 0 bridgehead atoms. The molecular weight excluding hydrogens is 334 g/mol. The van der Waals surface area contributed by atoms with Crippen LogP contribution in [0.15, 0.2) is 24.3 Å². The average molecular weight is 359 g/mol. The van der Waals surface area contributed by atoms with Gasteiger partial charge in [0.2, 0.25) is 5.91 Å². The third-order valence-corrected chi connectivity index (χ3v) is 6.38. The summed E-state index contributed by atoms with van der Waals surface area (Å²) in [6, 6.07) is 8.31. The van der Waals surface area contributed by atoms with Crippen LogP contribution in [-0.2, 0) is 9.53 Å². The second-order valence-electron chi connectivity index (χ2n) is 6.94. The van der Waals surface area contributed by atoms with E-state index >= 15 is 0 Å². The summed E-state index contributed by atoms with van der Waals surface area (Å²) >= 11 is 1.80. The molecule has 2 saturated heterocycles. The third-order valence-electron chi connectivity index (χ3n) is 5.18. The number of ether oxygens (including phenoxy) is 1. The first-order valence-corrected chi connectivity index (χ1v) is 10.1. The van der Waals surface area contributed by atoms with Crippen molar-refractivity contribution in [2.24, 2.45) is 0 Å². The van der Waals surface area contributed by atoms with Crippen LogP contribution >= 0.6 is 11.3 Å². The summed E-state index contributed by atoms with van der Waals surface area (Å²) in [5.74, 6) is 0.696. The minimum Gasteiger partial charge on any atom is -0.377 e. The van der Waals surface area contributed by atoms with Crippen molar-refractivity contribution in [2.75, 3.05) is 32.8 Å². The summed E-state index contributed by atoms with van der Waals surface area (Å²) < 4.78 is 6.83. The molecule has 4 rings (SSSR count). The van der Waals surface area contributed by atoms with Gasteiger partial charge in [0.1, 0.15) is 0 Å². The molecule has 2 aliphatic rings. The first-order valence-electron chi connectivity index (χ1n) is 9.25. The molecule has 2 aliphatic heterocycles. The number of carbonyl (C=O) groups is 1. The first-order chi connectivity index (χ1) is 12.3. The van der Waals surface area contributed by atoms with Crippen molar-refractivity contribution < 1.29 is 9.53 Å². The summed E-state index contributed by atoms with van der Waals surface area (Å²) in [4.78, 5) is 19.1. The molecule has 1 atom stereocenters. The standard InChI is InChI=1S/C19H25N3O2S/c23-18(13-20-12-15-4-3-11-24-15)22-9-7-14(8-10-22)19-21-16-5-1-2-6-17(16)25-19/h1-2,5-6,14-15,20H,3-4,7-13H2. The molecule has 2 fully saturated rings. The molecule has 25 heavy (non-hydrogen) atoms. The van der Waals surface area contributed by atoms with Crippen LogP contribution in [0.4, 0.5) is 0 Å². The summed E-state index contributed by atoms with van der Waals surface area (Å²) in [5, 5.41) is 4.49. The van der Waals surface area contributed by atoms with E-state index in [1.807, 2.05) is 11.0 Å². The van der Waals surface area contributed by atoms with Crippen LogP contribution in [0.3, 0.4) is 0 Å². The second kappa shape index (κ2) is 7.81. The fraction of sp³-hybridized carbons (Fsp3) is 0.579. The summed E-state index contributed by atoms with van der Waals surface area (Å²) in [6.45, 7) is 3.74. The molecule has 3 heterocycles. The number of hydrogen-bond donors (Lipinski definition) is 1. The number of aromatic nitrogens is 1. The minimum absolute atomic E-state index is 0.209. The van der Waals surface area contributed by atoms with Crippen LogP contribution < -0.4 is 5.32 Å². The Morgan fingerprint density at radius 1 is 1.28 bits per heavy atom. The number of piperidine rings is 1. The highest BCUT2D eigenvalue weighted by Crippen LogP contribution is 2.33. The molecule has 2 aromatic rings. The molecule has 1 unspecified atom stereocenters. The fourth-order valence-electron chi connectivity index (χ4n) is 3.70. The number of thiazole rings is 1. The Morgan fingerprint density at radius 3 is 2.88 bits per heavy atom. The molecule has 0 saturated carbocycles. The smallest absolute Gasteiger partial charge is 0.236 e. The summed E-state index contributed by atoms with van der Waals surface area (Å²) in [6.07, 6.45) is 4.56. The van der Waals surface area contributed by atoms with E-state index in [9.17, 15) is 4.79 Å². The average Bonchev–Trinajstić information content (AvgIpc) is 3.31. The fourth-order valence-corrected chi connectivity index (χ4v) is 4.83. The van der Waals surface area contributed by atoms with E-state index in [1.165, 1.54) is 9.71 Å². The van der Waals surface area contributed by atoms with Crippen molar-refractivity contribution in [1.82, 2.24) is 15.2 Å². The van der Waals surface area contributed by atoms with Gasteiger partial charge in [0.25, 0.3) is 0 Å². The van der Waals surface area contributed by atoms with Gasteiger partial charge in [-0.15, -0.1) is 11.3 Å². The number of para-hydroxylation sites is 1. The van der Waals surface area contributed by atoms with Crippen LogP contribution in [0, 0.1) is 0 Å². The Hall–Kier alpha value is -1.50. The Balaban J connectivity index is 1.25. The molecule has 0 spiro atoms. The Bertz CT molecular complexity index is 685. The van der Waals surface area contributed by atoms with E-state index in [2.05, 4.69) is 23.5 Å². The highest BCUT2D eigenvalue weighted by molar-refractivity contribution is 7.18. The Morgan fingerprint density at radius 2 is 2.12 bits per heavy atom. The number of likely N-dealkylation sites (tertiary alicyclic amines) is 1. The van der Waals surface area contributed by atoms with Gasteiger partial charge in [0, 0.05) is 32.2 Å². The largest absolute Gasteiger partial charge is 0.377 e. The molecule has 134 valence electrons. The molecule has 1 N–H and O–H groups in total. The van der Waals surface area contributed by atoms with E-state index in [-0.39, 0.29) is 12.0 Å². The number of benzene rings is 1. The molecule has 5 nitrogen and oxygen atoms in total. The van der Waals surface area contributed by atoms with E-state index in [0.717, 1.165) is 57.4 Å². The normalized spacial score (nSPS) is 21.9. The number of rotatable bonds is 5. The number of fused-ring (bicyclic) bond motifs is 1. The highest BCUT2D eigenvalue weighted by Gasteiger charge is 2.26. The number of nitrogens with one attached hydrogen (secondary N) is 1. The Labute approximate surface area is 152 Å². The maximum atomic E-state index is 12.4. The van der Waals surface area contributed by atoms with Crippen molar-refractivity contribution in [3.8, 4) is 0 Å². The molecule has 1 aromatic carbocycles. The monoisotopic (exact) mass is 359 g/mol. The molecule has 0 radical (unpaired) electrons. The van der Waals surface area contributed by atoms with Gasteiger partial charge in [0.05, 0.1) is 27.9 Å². The van der Waals surface area contributed by atoms with Gasteiger partial charge < -0.3 is 15.0 Å². The van der Waals surface area contributed by atoms with Crippen LogP contribution in [0.5, 0.6) is 0 Å². The van der Waals surface area contributed by atoms with E-state index in [1.54, 1.807) is 11.3 Å². The van der Waals surface area contributed by atoms with Crippen molar-refractivity contribution in [3.63, 3.8) is 0 Å². The van der Waals surface area contributed by atoms with Crippen LogP contribution in [0.2, 0.25) is 0 Å². The van der Waals surface area contributed by atoms with Gasteiger partial charge in [-0.1, -0.05) is 12.1 Å². The molecule has 0 aliphatic carbocycles. The lowest BCUT2D eigenvalue weighted by Gasteiger charge is -2.31. The third kappa shape index (κ3) is 4.02. The lowest BCUT2D eigenvalue weighted by molar-refractivity contribution is -0.131. The van der Waals surface area contributed by atoms with Crippen molar-refractivity contribution in [3.05, 3.63) is 29.3 Å². The number of nitrogens with zero attached hydrogens (tertiary/aromatic N) is 2. The van der Waals surface area contributed by atoms with Crippen molar-refractivity contribution >= 4 is 27.5 Å². The van der Waals surface area contributed by atoms with Crippen LogP contribution in [-0.4, -0.2) is 54.7 Å². The molecule has 6 heteroatoms. The van der Waals surface area contributed by atoms with Crippen molar-refractivity contribution in [2.45, 2.75) is 37.7 Å². The zero-order valence-electron chi connectivity index (χ0n) is 14.4. The lowest BCUT2D eigenvalue weighted by atomic mass is 9.97. The predicted octanol–water partition coefficient (Wildman–Crippen LogP) is 2.77. The van der Waals surface area contributed by atoms with Gasteiger partial charge in [0.15, 0.2) is 0 Å². The second-order valence-corrected chi connectivity index (χ2v) is 8.00. The highest BCUT2D eigenvalue weighted by atomic mass is 32.1. The van der Waals surface area contributed by atoms with Crippen molar-refractivity contribution in [1.29, 1.82) is 0 Å². The molecular formula is C19H25N3O2S. The van der Waals surface area contributed by atoms with Gasteiger partial charge in [-0.05, 0) is 37.8 Å².